The van der Waals surface area contributed by atoms with Crippen molar-refractivity contribution in [2.75, 3.05) is 12.4 Å². The van der Waals surface area contributed by atoms with E-state index in [9.17, 15) is 9.59 Å². The van der Waals surface area contributed by atoms with E-state index >= 15 is 0 Å². The van der Waals surface area contributed by atoms with Crippen LogP contribution in [0.15, 0.2) is 48.5 Å². The second-order valence-electron chi connectivity index (χ2n) is 7.32. The fourth-order valence-corrected chi connectivity index (χ4v) is 3.34. The highest BCUT2D eigenvalue weighted by Gasteiger charge is 2.25. The Bertz CT molecular complexity index is 851. The van der Waals surface area contributed by atoms with Crippen LogP contribution in [0.1, 0.15) is 43.4 Å². The number of anilines is 1. The zero-order valence-electron chi connectivity index (χ0n) is 16.2. The van der Waals surface area contributed by atoms with Gasteiger partial charge in [-0.1, -0.05) is 42.3 Å². The molecule has 0 bridgehead atoms. The van der Waals surface area contributed by atoms with Gasteiger partial charge in [0.25, 0.3) is 0 Å². The predicted octanol–water partition coefficient (Wildman–Crippen LogP) is 4.98. The van der Waals surface area contributed by atoms with E-state index in [2.05, 4.69) is 10.6 Å². The first-order valence-electron chi connectivity index (χ1n) is 9.60. The molecule has 1 fully saturated rings. The number of nitrogens with zero attached hydrogens (tertiary/aromatic N) is 1. The fraction of sp³-hybridized carbons (Fsp3) is 0.364. The van der Waals surface area contributed by atoms with Gasteiger partial charge in [-0.3, -0.25) is 4.79 Å². The molecule has 1 aliphatic carbocycles. The second kappa shape index (κ2) is 9.11. The molecule has 0 aromatic heterocycles. The molecule has 5 nitrogen and oxygen atoms in total. The van der Waals surface area contributed by atoms with Crippen LogP contribution < -0.4 is 10.6 Å². The summed E-state index contributed by atoms with van der Waals surface area (Å²) in [6, 6.07) is 14.8. The molecule has 0 aliphatic heterocycles. The van der Waals surface area contributed by atoms with Crippen LogP contribution in [0.5, 0.6) is 0 Å². The predicted molar refractivity (Wildman–Crippen MR) is 112 cm³/mol. The molecule has 1 unspecified atom stereocenters. The molecule has 1 atom stereocenters. The van der Waals surface area contributed by atoms with E-state index in [0.717, 1.165) is 36.1 Å². The minimum atomic E-state index is -0.170. The molecule has 0 spiro atoms. The highest BCUT2D eigenvalue weighted by Crippen LogP contribution is 2.27. The lowest BCUT2D eigenvalue weighted by Crippen LogP contribution is -2.38. The van der Waals surface area contributed by atoms with Gasteiger partial charge < -0.3 is 15.5 Å². The molecule has 3 rings (SSSR count). The maximum Gasteiger partial charge on any atom is 0.317 e. The SMILES string of the molecule is CC(c1cccc(Cl)c1)N(C)C(=O)NCc1cccc(NC(=O)C2CCC2)c1. The molecule has 0 radical (unpaired) electrons. The summed E-state index contributed by atoms with van der Waals surface area (Å²) in [6.07, 6.45) is 3.07. The number of hydrogen-bond acceptors (Lipinski definition) is 2. The summed E-state index contributed by atoms with van der Waals surface area (Å²) in [7, 11) is 1.76. The molecule has 2 aromatic carbocycles. The van der Waals surface area contributed by atoms with Crippen molar-refractivity contribution in [3.63, 3.8) is 0 Å². The number of amides is 3. The number of rotatable bonds is 6. The normalized spacial score (nSPS) is 14.7. The third-order valence-corrected chi connectivity index (χ3v) is 5.58. The van der Waals surface area contributed by atoms with Gasteiger partial charge in [0.05, 0.1) is 6.04 Å². The van der Waals surface area contributed by atoms with Gasteiger partial charge >= 0.3 is 6.03 Å². The average molecular weight is 400 g/mol. The lowest BCUT2D eigenvalue weighted by Gasteiger charge is -2.26. The van der Waals surface area contributed by atoms with Gasteiger partial charge in [-0.2, -0.15) is 0 Å². The summed E-state index contributed by atoms with van der Waals surface area (Å²) < 4.78 is 0. The van der Waals surface area contributed by atoms with Crippen LogP contribution in [-0.2, 0) is 11.3 Å². The molecule has 1 saturated carbocycles. The molecule has 0 saturated heterocycles. The summed E-state index contributed by atoms with van der Waals surface area (Å²) >= 11 is 6.05. The fourth-order valence-electron chi connectivity index (χ4n) is 3.14. The van der Waals surface area contributed by atoms with E-state index in [4.69, 9.17) is 11.6 Å². The van der Waals surface area contributed by atoms with E-state index in [-0.39, 0.29) is 23.9 Å². The highest BCUT2D eigenvalue weighted by atomic mass is 35.5. The average Bonchev–Trinajstić information content (AvgIpc) is 2.63. The van der Waals surface area contributed by atoms with Crippen LogP contribution in [0.2, 0.25) is 5.02 Å². The van der Waals surface area contributed by atoms with E-state index in [0.29, 0.717) is 11.6 Å². The third kappa shape index (κ3) is 5.04. The van der Waals surface area contributed by atoms with Crippen molar-refractivity contribution < 1.29 is 9.59 Å². The highest BCUT2D eigenvalue weighted by molar-refractivity contribution is 6.30. The Morgan fingerprint density at radius 1 is 1.18 bits per heavy atom. The van der Waals surface area contributed by atoms with Crippen molar-refractivity contribution in [3.8, 4) is 0 Å². The molecule has 6 heteroatoms. The Labute approximate surface area is 171 Å². The van der Waals surface area contributed by atoms with Crippen molar-refractivity contribution in [2.45, 2.75) is 38.8 Å². The number of nitrogens with one attached hydrogen (secondary N) is 2. The van der Waals surface area contributed by atoms with Crippen LogP contribution in [-0.4, -0.2) is 23.9 Å². The minimum absolute atomic E-state index is 0.0857. The molecule has 1 aliphatic rings. The smallest absolute Gasteiger partial charge is 0.317 e. The Kier molecular flexibility index (Phi) is 6.57. The van der Waals surface area contributed by atoms with Crippen molar-refractivity contribution >= 4 is 29.2 Å². The maximum absolute atomic E-state index is 12.5. The van der Waals surface area contributed by atoms with Gasteiger partial charge in [0.15, 0.2) is 0 Å². The van der Waals surface area contributed by atoms with E-state index in [1.807, 2.05) is 55.5 Å². The maximum atomic E-state index is 12.5. The van der Waals surface area contributed by atoms with E-state index < -0.39 is 0 Å². The standard InChI is InChI=1S/C22H26ClN3O2/c1-15(18-9-5-10-19(23)13-18)26(2)22(28)24-14-16-6-3-11-20(12-16)25-21(27)17-7-4-8-17/h3,5-6,9-13,15,17H,4,7-8,14H2,1-2H3,(H,24,28)(H,25,27). The van der Waals surface area contributed by atoms with Crippen molar-refractivity contribution in [1.29, 1.82) is 0 Å². The summed E-state index contributed by atoms with van der Waals surface area (Å²) in [5.41, 5.74) is 2.68. The van der Waals surface area contributed by atoms with Gasteiger partial charge in [0.1, 0.15) is 0 Å². The van der Waals surface area contributed by atoms with Crippen LogP contribution >= 0.6 is 11.6 Å². The Hall–Kier alpha value is -2.53. The van der Waals surface area contributed by atoms with Crippen LogP contribution in [0.3, 0.4) is 0 Å². The van der Waals surface area contributed by atoms with E-state index in [1.165, 1.54) is 0 Å². The second-order valence-corrected chi connectivity index (χ2v) is 7.75. The largest absolute Gasteiger partial charge is 0.334 e. The minimum Gasteiger partial charge on any atom is -0.334 e. The molecule has 2 aromatic rings. The number of carbonyl (C=O) groups is 2. The van der Waals surface area contributed by atoms with Crippen LogP contribution in [0.4, 0.5) is 10.5 Å². The number of hydrogen-bond donors (Lipinski definition) is 2. The van der Waals surface area contributed by atoms with Crippen LogP contribution in [0, 0.1) is 5.92 Å². The van der Waals surface area contributed by atoms with Crippen molar-refractivity contribution in [3.05, 3.63) is 64.7 Å². The lowest BCUT2D eigenvalue weighted by molar-refractivity contribution is -0.122. The Morgan fingerprint density at radius 2 is 1.93 bits per heavy atom. The Balaban J connectivity index is 1.55. The summed E-state index contributed by atoms with van der Waals surface area (Å²) in [6.45, 7) is 2.35. The number of urea groups is 1. The van der Waals surface area contributed by atoms with Gasteiger partial charge in [0, 0.05) is 30.2 Å². The van der Waals surface area contributed by atoms with Crippen LogP contribution in [0.25, 0.3) is 0 Å². The number of carbonyl (C=O) groups excluding carboxylic acids is 2. The quantitative estimate of drug-likeness (QED) is 0.719. The monoisotopic (exact) mass is 399 g/mol. The number of halogens is 1. The molecule has 148 valence electrons. The molecular weight excluding hydrogens is 374 g/mol. The van der Waals surface area contributed by atoms with Gasteiger partial charge in [0.2, 0.25) is 5.91 Å². The first-order valence-corrected chi connectivity index (χ1v) is 9.98. The van der Waals surface area contributed by atoms with E-state index in [1.54, 1.807) is 11.9 Å². The van der Waals surface area contributed by atoms with Gasteiger partial charge in [-0.15, -0.1) is 0 Å². The molecule has 3 amide bonds. The Morgan fingerprint density at radius 3 is 2.61 bits per heavy atom. The zero-order chi connectivity index (χ0) is 20.1. The van der Waals surface area contributed by atoms with Crippen molar-refractivity contribution in [1.82, 2.24) is 10.2 Å². The molecule has 2 N–H and O–H groups in total. The lowest BCUT2D eigenvalue weighted by atomic mass is 9.85. The van der Waals surface area contributed by atoms with Gasteiger partial charge in [-0.05, 0) is 55.2 Å². The third-order valence-electron chi connectivity index (χ3n) is 5.35. The zero-order valence-corrected chi connectivity index (χ0v) is 17.0. The number of benzene rings is 2. The summed E-state index contributed by atoms with van der Waals surface area (Å²) in [5.74, 6) is 0.229. The first kappa shape index (κ1) is 20.2. The summed E-state index contributed by atoms with van der Waals surface area (Å²) in [4.78, 5) is 26.3. The van der Waals surface area contributed by atoms with Crippen molar-refractivity contribution in [2.24, 2.45) is 5.92 Å². The summed E-state index contributed by atoms with van der Waals surface area (Å²) in [5, 5.41) is 6.55. The van der Waals surface area contributed by atoms with Gasteiger partial charge in [-0.25, -0.2) is 4.79 Å². The molecule has 0 heterocycles. The first-order chi connectivity index (χ1) is 13.4. The molecular formula is C22H26ClN3O2. The topological polar surface area (TPSA) is 61.4 Å². The molecule has 28 heavy (non-hydrogen) atoms.